The Morgan fingerprint density at radius 1 is 1.56 bits per heavy atom. The van der Waals surface area contributed by atoms with Crippen molar-refractivity contribution in [3.63, 3.8) is 0 Å². The number of hydrogen-bond donors (Lipinski definition) is 1. The van der Waals surface area contributed by atoms with E-state index < -0.39 is 11.7 Å². The van der Waals surface area contributed by atoms with E-state index in [-0.39, 0.29) is 0 Å². The molecule has 90 valence electrons. The van der Waals surface area contributed by atoms with Crippen molar-refractivity contribution in [3.8, 4) is 5.88 Å². The minimum atomic E-state index is -0.482. The first kappa shape index (κ1) is 12.7. The molecule has 0 atom stereocenters. The van der Waals surface area contributed by atoms with Gasteiger partial charge in [0.15, 0.2) is 0 Å². The largest absolute Gasteiger partial charge is 0.474 e. The van der Waals surface area contributed by atoms with Crippen LogP contribution in [0.15, 0.2) is 6.20 Å². The Hall–Kier alpha value is -1.37. The van der Waals surface area contributed by atoms with E-state index in [9.17, 15) is 4.79 Å². The number of amides is 1. The van der Waals surface area contributed by atoms with Crippen LogP contribution in [-0.4, -0.2) is 33.6 Å². The number of hydrogen-bond acceptors (Lipinski definition) is 6. The predicted octanol–water partition coefficient (Wildman–Crippen LogP) is 1.44. The van der Waals surface area contributed by atoms with Gasteiger partial charge in [-0.15, -0.1) is 4.37 Å². The fourth-order valence-corrected chi connectivity index (χ4v) is 1.21. The summed E-state index contributed by atoms with van der Waals surface area (Å²) in [7, 11) is 0. The van der Waals surface area contributed by atoms with Gasteiger partial charge in [0.1, 0.15) is 18.4 Å². The van der Waals surface area contributed by atoms with E-state index in [1.165, 1.54) is 6.20 Å². The Morgan fingerprint density at radius 2 is 2.31 bits per heavy atom. The molecule has 0 radical (unpaired) electrons. The van der Waals surface area contributed by atoms with Crippen LogP contribution in [0.4, 0.5) is 4.79 Å². The number of aromatic nitrogens is 2. The van der Waals surface area contributed by atoms with Crippen LogP contribution in [-0.2, 0) is 4.74 Å². The number of alkyl carbamates (subject to hydrolysis) is 1. The second-order valence-corrected chi connectivity index (χ2v) is 4.58. The number of carbonyl (C=O) groups excluding carboxylic acids is 1. The van der Waals surface area contributed by atoms with Gasteiger partial charge in [-0.3, -0.25) is 0 Å². The lowest BCUT2D eigenvalue weighted by atomic mass is 10.2. The zero-order chi connectivity index (χ0) is 12.0. The summed E-state index contributed by atoms with van der Waals surface area (Å²) in [6.45, 7) is 6.13. The highest BCUT2D eigenvalue weighted by atomic mass is 32.1. The van der Waals surface area contributed by atoms with Crippen LogP contribution in [0.25, 0.3) is 0 Å². The van der Waals surface area contributed by atoms with E-state index in [1.807, 2.05) is 20.8 Å². The van der Waals surface area contributed by atoms with Gasteiger partial charge in [-0.25, -0.2) is 4.79 Å². The first-order valence-electron chi connectivity index (χ1n) is 4.84. The van der Waals surface area contributed by atoms with Crippen LogP contribution in [0.3, 0.4) is 0 Å². The van der Waals surface area contributed by atoms with Crippen LogP contribution in [0.5, 0.6) is 5.88 Å². The third-order valence-corrected chi connectivity index (χ3v) is 1.82. The Labute approximate surface area is 98.3 Å². The first-order chi connectivity index (χ1) is 7.47. The lowest BCUT2D eigenvalue weighted by molar-refractivity contribution is 0.0520. The molecule has 1 N–H and O–H groups in total. The van der Waals surface area contributed by atoms with Gasteiger partial charge >= 0.3 is 6.09 Å². The van der Waals surface area contributed by atoms with Crippen LogP contribution >= 0.6 is 11.7 Å². The van der Waals surface area contributed by atoms with Crippen LogP contribution < -0.4 is 10.1 Å². The molecule has 1 amide bonds. The summed E-state index contributed by atoms with van der Waals surface area (Å²) < 4.78 is 17.9. The summed E-state index contributed by atoms with van der Waals surface area (Å²) in [5, 5.41) is 2.57. The van der Waals surface area contributed by atoms with E-state index in [1.54, 1.807) is 0 Å². The molecule has 1 aromatic rings. The third-order valence-electron chi connectivity index (χ3n) is 1.36. The molecule has 0 bridgehead atoms. The highest BCUT2D eigenvalue weighted by molar-refractivity contribution is 6.99. The van der Waals surface area contributed by atoms with Gasteiger partial charge in [0.2, 0.25) is 5.88 Å². The van der Waals surface area contributed by atoms with Gasteiger partial charge in [-0.05, 0) is 20.8 Å². The maximum Gasteiger partial charge on any atom is 0.407 e. The monoisotopic (exact) mass is 245 g/mol. The molecule has 1 aromatic heterocycles. The topological polar surface area (TPSA) is 73.3 Å². The molecule has 0 aliphatic rings. The normalized spacial score (nSPS) is 10.9. The van der Waals surface area contributed by atoms with Gasteiger partial charge < -0.3 is 14.8 Å². The molecule has 1 heterocycles. The third kappa shape index (κ3) is 5.50. The number of nitrogens with one attached hydrogen (secondary N) is 1. The van der Waals surface area contributed by atoms with Crippen molar-refractivity contribution >= 4 is 17.8 Å². The molecule has 0 saturated heterocycles. The smallest absolute Gasteiger partial charge is 0.407 e. The highest BCUT2D eigenvalue weighted by Gasteiger charge is 2.15. The van der Waals surface area contributed by atoms with Crippen LogP contribution in [0.2, 0.25) is 0 Å². The quantitative estimate of drug-likeness (QED) is 0.812. The molecular weight excluding hydrogens is 230 g/mol. The molecule has 0 unspecified atom stereocenters. The minimum absolute atomic E-state index is 0.338. The Balaban J connectivity index is 2.09. The van der Waals surface area contributed by atoms with E-state index in [4.69, 9.17) is 9.47 Å². The maximum absolute atomic E-state index is 11.2. The molecule has 0 aliphatic carbocycles. The van der Waals surface area contributed by atoms with E-state index in [2.05, 4.69) is 14.1 Å². The van der Waals surface area contributed by atoms with Gasteiger partial charge in [0.05, 0.1) is 18.3 Å². The number of ether oxygens (including phenoxy) is 2. The average molecular weight is 245 g/mol. The molecule has 1 rings (SSSR count). The fourth-order valence-electron chi connectivity index (χ4n) is 0.843. The minimum Gasteiger partial charge on any atom is -0.474 e. The zero-order valence-corrected chi connectivity index (χ0v) is 10.3. The number of nitrogens with zero attached hydrogens (tertiary/aromatic N) is 2. The van der Waals surface area contributed by atoms with Crippen molar-refractivity contribution in [2.24, 2.45) is 0 Å². The molecule has 16 heavy (non-hydrogen) atoms. The molecule has 0 fully saturated rings. The van der Waals surface area contributed by atoms with Crippen molar-refractivity contribution in [2.45, 2.75) is 26.4 Å². The summed E-state index contributed by atoms with van der Waals surface area (Å²) in [5.74, 6) is 0.469. The maximum atomic E-state index is 11.2. The lowest BCUT2D eigenvalue weighted by Gasteiger charge is -2.19. The Kier molecular flexibility index (Phi) is 4.48. The summed E-state index contributed by atoms with van der Waals surface area (Å²) in [6.07, 6.45) is 1.07. The molecule has 0 saturated carbocycles. The summed E-state index contributed by atoms with van der Waals surface area (Å²) >= 11 is 1.07. The fraction of sp³-hybridized carbons (Fsp3) is 0.667. The van der Waals surface area contributed by atoms with Crippen LogP contribution in [0.1, 0.15) is 20.8 Å². The van der Waals surface area contributed by atoms with E-state index in [0.29, 0.717) is 19.0 Å². The summed E-state index contributed by atoms with van der Waals surface area (Å²) in [4.78, 5) is 11.2. The highest BCUT2D eigenvalue weighted by Crippen LogP contribution is 2.06. The summed E-state index contributed by atoms with van der Waals surface area (Å²) in [6, 6.07) is 0. The Morgan fingerprint density at radius 3 is 2.88 bits per heavy atom. The van der Waals surface area contributed by atoms with Gasteiger partial charge in [0.25, 0.3) is 0 Å². The Bertz CT molecular complexity index is 321. The van der Waals surface area contributed by atoms with Crippen molar-refractivity contribution in [1.29, 1.82) is 0 Å². The van der Waals surface area contributed by atoms with E-state index >= 15 is 0 Å². The lowest BCUT2D eigenvalue weighted by Crippen LogP contribution is -2.34. The SMILES string of the molecule is CC(C)(C)OC(=O)NCCOc1cnsn1. The number of rotatable bonds is 4. The average Bonchev–Trinajstić information content (AvgIpc) is 2.62. The molecule has 6 nitrogen and oxygen atoms in total. The zero-order valence-electron chi connectivity index (χ0n) is 9.52. The molecular formula is C9H15N3O3S. The molecule has 0 aromatic carbocycles. The van der Waals surface area contributed by atoms with Crippen molar-refractivity contribution < 1.29 is 14.3 Å². The summed E-state index contributed by atoms with van der Waals surface area (Å²) in [5.41, 5.74) is -0.482. The number of carbonyl (C=O) groups is 1. The van der Waals surface area contributed by atoms with Gasteiger partial charge in [-0.1, -0.05) is 0 Å². The van der Waals surface area contributed by atoms with Gasteiger partial charge in [-0.2, -0.15) is 4.37 Å². The van der Waals surface area contributed by atoms with Crippen molar-refractivity contribution in [2.75, 3.05) is 13.2 Å². The van der Waals surface area contributed by atoms with Crippen molar-refractivity contribution in [3.05, 3.63) is 6.20 Å². The van der Waals surface area contributed by atoms with Crippen molar-refractivity contribution in [1.82, 2.24) is 14.1 Å². The van der Waals surface area contributed by atoms with Crippen LogP contribution in [0, 0.1) is 0 Å². The molecule has 0 aliphatic heterocycles. The van der Waals surface area contributed by atoms with E-state index in [0.717, 1.165) is 11.7 Å². The molecule has 7 heteroatoms. The second-order valence-electron chi connectivity index (χ2n) is 4.02. The first-order valence-corrected chi connectivity index (χ1v) is 5.57. The molecule has 0 spiro atoms. The predicted molar refractivity (Wildman–Crippen MR) is 59.6 cm³/mol. The van der Waals surface area contributed by atoms with Gasteiger partial charge in [0, 0.05) is 0 Å². The second kappa shape index (κ2) is 5.64. The standard InChI is InChI=1S/C9H15N3O3S/c1-9(2,3)15-8(13)10-4-5-14-7-6-11-16-12-7/h6H,4-5H2,1-3H3,(H,10,13).